The molecular formula is C14H16N4O4S. The van der Waals surface area contributed by atoms with E-state index in [0.29, 0.717) is 35.6 Å². The van der Waals surface area contributed by atoms with E-state index in [0.717, 1.165) is 6.26 Å². The first-order chi connectivity index (χ1) is 10.9. The van der Waals surface area contributed by atoms with Crippen LogP contribution < -0.4 is 0 Å². The Hall–Kier alpha value is -2.02. The molecule has 23 heavy (non-hydrogen) atoms. The molecule has 1 aliphatic rings. The van der Waals surface area contributed by atoms with Gasteiger partial charge >= 0.3 is 0 Å². The van der Waals surface area contributed by atoms with Gasteiger partial charge in [-0.15, -0.1) is 0 Å². The van der Waals surface area contributed by atoms with E-state index < -0.39 is 9.84 Å². The number of hydrogen-bond donors (Lipinski definition) is 0. The second-order valence-corrected chi connectivity index (χ2v) is 7.40. The molecule has 1 aliphatic heterocycles. The maximum absolute atomic E-state index is 11.8. The summed E-state index contributed by atoms with van der Waals surface area (Å²) in [6, 6.07) is 3.55. The Balaban J connectivity index is 2.31. The maximum atomic E-state index is 11.8. The molecule has 0 spiro atoms. The van der Waals surface area contributed by atoms with Gasteiger partial charge in [0.05, 0.1) is 24.9 Å². The largest absolute Gasteiger partial charge is 0.377 e. The molecule has 2 aromatic rings. The highest BCUT2D eigenvalue weighted by Gasteiger charge is 2.33. The fourth-order valence-electron chi connectivity index (χ4n) is 2.79. The first-order valence-corrected chi connectivity index (χ1v) is 8.86. The van der Waals surface area contributed by atoms with Gasteiger partial charge in [-0.2, -0.15) is 10.2 Å². The number of fused-ring (bicyclic) bond motifs is 1. The minimum absolute atomic E-state index is 0.227. The summed E-state index contributed by atoms with van der Waals surface area (Å²) in [4.78, 5) is 8.23. The summed E-state index contributed by atoms with van der Waals surface area (Å²) in [5.74, 6) is 0. The number of methoxy groups -OCH3 is 1. The van der Waals surface area contributed by atoms with Gasteiger partial charge in [0, 0.05) is 18.8 Å². The number of aromatic nitrogens is 3. The van der Waals surface area contributed by atoms with Crippen LogP contribution in [0.4, 0.5) is 0 Å². The van der Waals surface area contributed by atoms with Crippen LogP contribution in [0.3, 0.4) is 0 Å². The zero-order valence-electron chi connectivity index (χ0n) is 13.0. The van der Waals surface area contributed by atoms with Crippen molar-refractivity contribution in [2.24, 2.45) is 0 Å². The molecule has 0 aliphatic carbocycles. The standard InChI is InChI=1S/C14H16N4O4S/c1-8-10-4-9(5-15)18(11-6-22-7-12(11)21-2)13(10)17-14(16-8)23(3,19)20/h4,11-12H,6-7H2,1-3H3/t11-,12+/m1/s1. The van der Waals surface area contributed by atoms with Crippen molar-refractivity contribution < 1.29 is 17.9 Å². The Bertz CT molecular complexity index is 913. The number of rotatable bonds is 3. The van der Waals surface area contributed by atoms with Crippen LogP contribution in [-0.4, -0.2) is 55.6 Å². The lowest BCUT2D eigenvalue weighted by Gasteiger charge is -2.19. The number of ether oxygens (including phenoxy) is 2. The van der Waals surface area contributed by atoms with Crippen molar-refractivity contribution in [2.45, 2.75) is 24.2 Å². The highest BCUT2D eigenvalue weighted by Crippen LogP contribution is 2.30. The summed E-state index contributed by atoms with van der Waals surface area (Å²) < 4.78 is 36.2. The number of aryl methyl sites for hydroxylation is 1. The topological polar surface area (TPSA) is 107 Å². The van der Waals surface area contributed by atoms with Crippen LogP contribution in [0.5, 0.6) is 0 Å². The van der Waals surface area contributed by atoms with E-state index in [9.17, 15) is 13.7 Å². The maximum Gasteiger partial charge on any atom is 0.249 e. The molecule has 0 saturated carbocycles. The first-order valence-electron chi connectivity index (χ1n) is 6.97. The van der Waals surface area contributed by atoms with E-state index in [1.54, 1.807) is 24.7 Å². The fraction of sp³-hybridized carbons (Fsp3) is 0.500. The summed E-state index contributed by atoms with van der Waals surface area (Å²) in [6.07, 6.45) is 0.831. The number of nitriles is 1. The molecule has 1 fully saturated rings. The van der Waals surface area contributed by atoms with Gasteiger partial charge in [0.15, 0.2) is 0 Å². The Kier molecular flexibility index (Phi) is 3.83. The Morgan fingerprint density at radius 1 is 1.43 bits per heavy atom. The fourth-order valence-corrected chi connectivity index (χ4v) is 3.35. The summed E-state index contributed by atoms with van der Waals surface area (Å²) in [5, 5.41) is 9.84. The number of hydrogen-bond acceptors (Lipinski definition) is 7. The Labute approximate surface area is 133 Å². The molecule has 2 aromatic heterocycles. The van der Waals surface area contributed by atoms with Gasteiger partial charge < -0.3 is 14.0 Å². The normalized spacial score (nSPS) is 21.7. The lowest BCUT2D eigenvalue weighted by molar-refractivity contribution is 0.0690. The number of sulfone groups is 1. The molecule has 0 N–H and O–H groups in total. The lowest BCUT2D eigenvalue weighted by atomic mass is 10.2. The molecule has 0 bridgehead atoms. The highest BCUT2D eigenvalue weighted by molar-refractivity contribution is 7.90. The summed E-state index contributed by atoms with van der Waals surface area (Å²) >= 11 is 0. The third-order valence-electron chi connectivity index (χ3n) is 3.94. The summed E-state index contributed by atoms with van der Waals surface area (Å²) in [5.41, 5.74) is 1.30. The molecule has 3 rings (SSSR count). The SMILES string of the molecule is CO[C@H]1COC[C@H]1n1c(C#N)cc2c(C)nc(S(C)(=O)=O)nc21. The minimum atomic E-state index is -3.55. The van der Waals surface area contributed by atoms with Crippen molar-refractivity contribution in [3.05, 3.63) is 17.5 Å². The molecular weight excluding hydrogens is 320 g/mol. The predicted octanol–water partition coefficient (Wildman–Crippen LogP) is 0.601. The van der Waals surface area contributed by atoms with Crippen molar-refractivity contribution in [1.29, 1.82) is 5.26 Å². The smallest absolute Gasteiger partial charge is 0.249 e. The van der Waals surface area contributed by atoms with Crippen LogP contribution in [0, 0.1) is 18.3 Å². The summed E-state index contributed by atoms with van der Waals surface area (Å²) in [7, 11) is -1.98. The monoisotopic (exact) mass is 336 g/mol. The van der Waals surface area contributed by atoms with Crippen molar-refractivity contribution in [3.63, 3.8) is 0 Å². The van der Waals surface area contributed by atoms with Crippen LogP contribution in [0.15, 0.2) is 11.2 Å². The Morgan fingerprint density at radius 3 is 2.78 bits per heavy atom. The molecule has 8 nitrogen and oxygen atoms in total. The zero-order valence-corrected chi connectivity index (χ0v) is 13.8. The molecule has 0 amide bonds. The highest BCUT2D eigenvalue weighted by atomic mass is 32.2. The average Bonchev–Trinajstić information content (AvgIpc) is 3.08. The van der Waals surface area contributed by atoms with E-state index in [1.807, 2.05) is 0 Å². The third-order valence-corrected chi connectivity index (χ3v) is 4.79. The second kappa shape index (κ2) is 5.56. The van der Waals surface area contributed by atoms with E-state index in [1.165, 1.54) is 0 Å². The van der Waals surface area contributed by atoms with E-state index in [-0.39, 0.29) is 17.3 Å². The van der Waals surface area contributed by atoms with Crippen LogP contribution in [-0.2, 0) is 19.3 Å². The molecule has 3 heterocycles. The van der Waals surface area contributed by atoms with Crippen LogP contribution in [0.1, 0.15) is 17.4 Å². The average molecular weight is 336 g/mol. The summed E-state index contributed by atoms with van der Waals surface area (Å²) in [6.45, 7) is 2.48. The van der Waals surface area contributed by atoms with Gasteiger partial charge in [0.25, 0.3) is 0 Å². The van der Waals surface area contributed by atoms with E-state index >= 15 is 0 Å². The van der Waals surface area contributed by atoms with Gasteiger partial charge in [-0.3, -0.25) is 0 Å². The zero-order chi connectivity index (χ0) is 16.8. The predicted molar refractivity (Wildman–Crippen MR) is 80.7 cm³/mol. The van der Waals surface area contributed by atoms with Crippen molar-refractivity contribution in [3.8, 4) is 6.07 Å². The molecule has 0 aromatic carbocycles. The Morgan fingerprint density at radius 2 is 2.17 bits per heavy atom. The van der Waals surface area contributed by atoms with E-state index in [4.69, 9.17) is 9.47 Å². The molecule has 0 radical (unpaired) electrons. The van der Waals surface area contributed by atoms with Crippen LogP contribution in [0.2, 0.25) is 0 Å². The van der Waals surface area contributed by atoms with E-state index in [2.05, 4.69) is 16.0 Å². The van der Waals surface area contributed by atoms with Gasteiger partial charge in [0.2, 0.25) is 15.0 Å². The van der Waals surface area contributed by atoms with Crippen LogP contribution >= 0.6 is 0 Å². The van der Waals surface area contributed by atoms with Crippen LogP contribution in [0.25, 0.3) is 11.0 Å². The molecule has 9 heteroatoms. The molecule has 1 saturated heterocycles. The number of nitrogens with zero attached hydrogens (tertiary/aromatic N) is 4. The molecule has 0 unspecified atom stereocenters. The first kappa shape index (κ1) is 15.9. The minimum Gasteiger partial charge on any atom is -0.377 e. The molecule has 122 valence electrons. The second-order valence-electron chi connectivity index (χ2n) is 5.49. The van der Waals surface area contributed by atoms with Crippen molar-refractivity contribution >= 4 is 20.9 Å². The van der Waals surface area contributed by atoms with Gasteiger partial charge in [-0.25, -0.2) is 13.4 Å². The molecule has 2 atom stereocenters. The third kappa shape index (κ3) is 2.59. The van der Waals surface area contributed by atoms with Crippen molar-refractivity contribution in [1.82, 2.24) is 14.5 Å². The lowest BCUT2D eigenvalue weighted by Crippen LogP contribution is -2.25. The van der Waals surface area contributed by atoms with Gasteiger partial charge in [0.1, 0.15) is 23.5 Å². The van der Waals surface area contributed by atoms with Crippen molar-refractivity contribution in [2.75, 3.05) is 26.6 Å². The quantitative estimate of drug-likeness (QED) is 0.755. The van der Waals surface area contributed by atoms with Gasteiger partial charge in [-0.05, 0) is 13.0 Å². The van der Waals surface area contributed by atoms with Gasteiger partial charge in [-0.1, -0.05) is 0 Å².